The zero-order valence-corrected chi connectivity index (χ0v) is 11.5. The van der Waals surface area contributed by atoms with Crippen LogP contribution in [0.1, 0.15) is 30.9 Å². The summed E-state index contributed by atoms with van der Waals surface area (Å²) < 4.78 is 0. The normalized spacial score (nSPS) is 26.0. The second kappa shape index (κ2) is 5.43. The fourth-order valence-corrected chi connectivity index (χ4v) is 2.99. The summed E-state index contributed by atoms with van der Waals surface area (Å²) in [6.07, 6.45) is 2.70. The van der Waals surface area contributed by atoms with Crippen LogP contribution in [0.3, 0.4) is 0 Å². The maximum Gasteiger partial charge on any atom is 0.151 e. The van der Waals surface area contributed by atoms with E-state index in [9.17, 15) is 5.11 Å². The molecule has 0 bridgehead atoms. The van der Waals surface area contributed by atoms with Crippen LogP contribution in [-0.4, -0.2) is 59.5 Å². The van der Waals surface area contributed by atoms with Gasteiger partial charge in [0.25, 0.3) is 0 Å². The Hall–Kier alpha value is -1.20. The van der Waals surface area contributed by atoms with E-state index in [0.717, 1.165) is 50.5 Å². The number of aliphatic hydroxyl groups excluding tert-OH is 1. The molecule has 2 aliphatic rings. The number of aromatic nitrogens is 2. The fourth-order valence-electron chi connectivity index (χ4n) is 2.99. The molecule has 104 valence electrons. The van der Waals surface area contributed by atoms with Crippen molar-refractivity contribution in [3.8, 4) is 0 Å². The van der Waals surface area contributed by atoms with E-state index in [4.69, 9.17) is 0 Å². The van der Waals surface area contributed by atoms with E-state index in [2.05, 4.69) is 39.2 Å². The third-order valence-corrected chi connectivity index (χ3v) is 4.27. The maximum atomic E-state index is 9.52. The van der Waals surface area contributed by atoms with Crippen LogP contribution >= 0.6 is 0 Å². The average Bonchev–Trinajstić information content (AvgIpc) is 2.87. The highest BCUT2D eigenvalue weighted by atomic mass is 16.3. The second-order valence-corrected chi connectivity index (χ2v) is 5.78. The molecule has 0 saturated carbocycles. The number of hydrogen-bond donors (Lipinski definition) is 1. The summed E-state index contributed by atoms with van der Waals surface area (Å²) in [5.41, 5.74) is 1.12. The Bertz CT molecular complexity index is 414. The number of rotatable bonds is 2. The Morgan fingerprint density at radius 1 is 1.11 bits per heavy atom. The summed E-state index contributed by atoms with van der Waals surface area (Å²) >= 11 is 0. The molecule has 1 N–H and O–H groups in total. The molecule has 3 rings (SSSR count). The SMILES string of the molecule is CN1CCC(c2ccc(N3CCC(O)CC3)nn2)C1. The molecule has 2 aliphatic heterocycles. The molecular weight excluding hydrogens is 240 g/mol. The van der Waals surface area contributed by atoms with Crippen LogP contribution in [0.5, 0.6) is 0 Å². The van der Waals surface area contributed by atoms with Gasteiger partial charge in [-0.1, -0.05) is 0 Å². The smallest absolute Gasteiger partial charge is 0.151 e. The molecule has 5 heteroatoms. The van der Waals surface area contributed by atoms with Crippen LogP contribution in [0.25, 0.3) is 0 Å². The molecule has 19 heavy (non-hydrogen) atoms. The van der Waals surface area contributed by atoms with E-state index < -0.39 is 0 Å². The van der Waals surface area contributed by atoms with Crippen LogP contribution in [0, 0.1) is 0 Å². The molecule has 2 fully saturated rings. The molecule has 0 amide bonds. The summed E-state index contributed by atoms with van der Waals surface area (Å²) in [6, 6.07) is 4.20. The number of likely N-dealkylation sites (tertiary alicyclic amines) is 1. The number of likely N-dealkylation sites (N-methyl/N-ethyl adjacent to an activating group) is 1. The highest BCUT2D eigenvalue weighted by Crippen LogP contribution is 2.25. The van der Waals surface area contributed by atoms with Crippen LogP contribution in [0.15, 0.2) is 12.1 Å². The second-order valence-electron chi connectivity index (χ2n) is 5.78. The van der Waals surface area contributed by atoms with Crippen molar-refractivity contribution in [3.63, 3.8) is 0 Å². The Morgan fingerprint density at radius 3 is 2.47 bits per heavy atom. The zero-order chi connectivity index (χ0) is 13.2. The van der Waals surface area contributed by atoms with Crippen molar-refractivity contribution < 1.29 is 5.11 Å². The lowest BCUT2D eigenvalue weighted by atomic mass is 10.0. The lowest BCUT2D eigenvalue weighted by Gasteiger charge is -2.30. The molecule has 0 aliphatic carbocycles. The number of piperidine rings is 1. The Labute approximate surface area is 114 Å². The molecule has 1 unspecified atom stereocenters. The average molecular weight is 262 g/mol. The van der Waals surface area contributed by atoms with Gasteiger partial charge in [-0.15, -0.1) is 5.10 Å². The molecule has 0 radical (unpaired) electrons. The van der Waals surface area contributed by atoms with Crippen molar-refractivity contribution in [1.29, 1.82) is 0 Å². The molecule has 0 spiro atoms. The van der Waals surface area contributed by atoms with Gasteiger partial charge >= 0.3 is 0 Å². The van der Waals surface area contributed by atoms with Gasteiger partial charge < -0.3 is 14.9 Å². The van der Waals surface area contributed by atoms with Crippen LogP contribution in [0.4, 0.5) is 5.82 Å². The van der Waals surface area contributed by atoms with Gasteiger partial charge in [-0.05, 0) is 45.0 Å². The summed E-state index contributed by atoms with van der Waals surface area (Å²) in [5.74, 6) is 1.48. The minimum Gasteiger partial charge on any atom is -0.393 e. The predicted octanol–water partition coefficient (Wildman–Crippen LogP) is 0.857. The quantitative estimate of drug-likeness (QED) is 0.856. The van der Waals surface area contributed by atoms with Gasteiger partial charge in [-0.2, -0.15) is 5.10 Å². The van der Waals surface area contributed by atoms with Gasteiger partial charge in [0.1, 0.15) is 0 Å². The molecular formula is C14H22N4O. The Kier molecular flexibility index (Phi) is 3.66. The molecule has 0 aromatic carbocycles. The monoisotopic (exact) mass is 262 g/mol. The van der Waals surface area contributed by atoms with E-state index in [1.807, 2.05) is 0 Å². The molecule has 1 aromatic heterocycles. The van der Waals surface area contributed by atoms with Crippen LogP contribution in [-0.2, 0) is 0 Å². The first kappa shape index (κ1) is 12.8. The van der Waals surface area contributed by atoms with Crippen LogP contribution < -0.4 is 4.90 Å². The lowest BCUT2D eigenvalue weighted by molar-refractivity contribution is 0.145. The van der Waals surface area contributed by atoms with E-state index in [-0.39, 0.29) is 6.10 Å². The van der Waals surface area contributed by atoms with Crippen molar-refractivity contribution in [2.24, 2.45) is 0 Å². The van der Waals surface area contributed by atoms with Crippen molar-refractivity contribution in [3.05, 3.63) is 17.8 Å². The molecule has 3 heterocycles. The predicted molar refractivity (Wildman–Crippen MR) is 74.3 cm³/mol. The van der Waals surface area contributed by atoms with Gasteiger partial charge in [-0.3, -0.25) is 0 Å². The third-order valence-electron chi connectivity index (χ3n) is 4.27. The maximum absolute atomic E-state index is 9.52. The topological polar surface area (TPSA) is 52.5 Å². The lowest BCUT2D eigenvalue weighted by Crippen LogP contribution is -2.36. The van der Waals surface area contributed by atoms with Gasteiger partial charge in [0.05, 0.1) is 11.8 Å². The molecule has 1 aromatic rings. The summed E-state index contributed by atoms with van der Waals surface area (Å²) in [5, 5.41) is 18.3. The van der Waals surface area contributed by atoms with Crippen molar-refractivity contribution in [1.82, 2.24) is 15.1 Å². The van der Waals surface area contributed by atoms with E-state index in [1.54, 1.807) is 0 Å². The van der Waals surface area contributed by atoms with Gasteiger partial charge in [-0.25, -0.2) is 0 Å². The minimum atomic E-state index is -0.141. The largest absolute Gasteiger partial charge is 0.393 e. The summed E-state index contributed by atoms with van der Waals surface area (Å²) in [7, 11) is 2.15. The van der Waals surface area contributed by atoms with E-state index >= 15 is 0 Å². The first-order chi connectivity index (χ1) is 9.22. The first-order valence-corrected chi connectivity index (χ1v) is 7.17. The molecule has 5 nitrogen and oxygen atoms in total. The third kappa shape index (κ3) is 2.87. The highest BCUT2D eigenvalue weighted by Gasteiger charge is 2.23. The molecule has 2 saturated heterocycles. The Balaban J connectivity index is 1.65. The Morgan fingerprint density at radius 2 is 1.89 bits per heavy atom. The van der Waals surface area contributed by atoms with Gasteiger partial charge in [0, 0.05) is 25.6 Å². The number of hydrogen-bond acceptors (Lipinski definition) is 5. The number of nitrogens with zero attached hydrogens (tertiary/aromatic N) is 4. The zero-order valence-electron chi connectivity index (χ0n) is 11.5. The van der Waals surface area contributed by atoms with Gasteiger partial charge in [0.15, 0.2) is 5.82 Å². The standard InChI is InChI=1S/C14H22N4O/c1-17-7-4-11(10-17)13-2-3-14(16-15-13)18-8-5-12(19)6-9-18/h2-3,11-12,19H,4-10H2,1H3. The van der Waals surface area contributed by atoms with Crippen molar-refractivity contribution >= 4 is 5.82 Å². The van der Waals surface area contributed by atoms with Crippen LogP contribution in [0.2, 0.25) is 0 Å². The van der Waals surface area contributed by atoms with Gasteiger partial charge in [0.2, 0.25) is 0 Å². The first-order valence-electron chi connectivity index (χ1n) is 7.17. The van der Waals surface area contributed by atoms with E-state index in [0.29, 0.717) is 5.92 Å². The summed E-state index contributed by atoms with van der Waals surface area (Å²) in [4.78, 5) is 4.55. The fraction of sp³-hybridized carbons (Fsp3) is 0.714. The number of anilines is 1. The highest BCUT2D eigenvalue weighted by molar-refractivity contribution is 5.38. The van der Waals surface area contributed by atoms with Crippen molar-refractivity contribution in [2.75, 3.05) is 38.1 Å². The van der Waals surface area contributed by atoms with E-state index in [1.165, 1.54) is 6.42 Å². The summed E-state index contributed by atoms with van der Waals surface area (Å²) in [6.45, 7) is 3.99. The molecule has 1 atom stereocenters. The number of aliphatic hydroxyl groups is 1. The minimum absolute atomic E-state index is 0.141. The van der Waals surface area contributed by atoms with Crippen molar-refractivity contribution in [2.45, 2.75) is 31.3 Å².